The second-order valence-electron chi connectivity index (χ2n) is 6.72. The summed E-state index contributed by atoms with van der Waals surface area (Å²) in [7, 11) is 0. The lowest BCUT2D eigenvalue weighted by molar-refractivity contribution is 0.0697. The Morgan fingerprint density at radius 3 is 2.70 bits per heavy atom. The van der Waals surface area contributed by atoms with Gasteiger partial charge in [0.2, 0.25) is 0 Å². The Labute approximate surface area is 160 Å². The number of carbonyl (C=O) groups excluding carboxylic acids is 1. The molecule has 0 spiro atoms. The molecule has 1 atom stereocenters. The highest BCUT2D eigenvalue weighted by Crippen LogP contribution is 2.28. The molecule has 3 N–H and O–H groups in total. The van der Waals surface area contributed by atoms with E-state index in [0.717, 1.165) is 5.56 Å². The van der Waals surface area contributed by atoms with Crippen LogP contribution in [0.15, 0.2) is 35.2 Å². The van der Waals surface area contributed by atoms with Crippen molar-refractivity contribution in [3.63, 3.8) is 0 Å². The van der Waals surface area contributed by atoms with Crippen molar-refractivity contribution in [2.45, 2.75) is 26.3 Å². The number of fused-ring (bicyclic) bond motifs is 1. The van der Waals surface area contributed by atoms with Crippen LogP contribution in [0.25, 0.3) is 16.9 Å². The van der Waals surface area contributed by atoms with Gasteiger partial charge < -0.3 is 15.5 Å². The van der Waals surface area contributed by atoms with Crippen molar-refractivity contribution in [3.05, 3.63) is 46.4 Å². The standard InChI is InChI=1S/C19H21N3O4S/c1-11(2)8-13(9-23)20-18(24)16-15(12-5-7-27-10-12)21-17-14(19(25)26)4-3-6-22(16)17/h3-7,10-11,13,23H,8-9H2,1-2H3,(H,20,24)(H,25,26)/t13-/m0/s1. The van der Waals surface area contributed by atoms with Gasteiger partial charge >= 0.3 is 5.97 Å². The van der Waals surface area contributed by atoms with Gasteiger partial charge in [-0.2, -0.15) is 11.3 Å². The average Bonchev–Trinajstić information content (AvgIpc) is 3.27. The molecule has 3 aromatic rings. The number of rotatable bonds is 7. The number of carboxylic acids is 1. The number of pyridine rings is 1. The molecule has 27 heavy (non-hydrogen) atoms. The molecule has 7 nitrogen and oxygen atoms in total. The Balaban J connectivity index is 2.12. The van der Waals surface area contributed by atoms with Crippen LogP contribution in [-0.2, 0) is 0 Å². The van der Waals surface area contributed by atoms with E-state index in [1.807, 2.05) is 30.7 Å². The van der Waals surface area contributed by atoms with E-state index in [4.69, 9.17) is 0 Å². The Morgan fingerprint density at radius 2 is 2.11 bits per heavy atom. The van der Waals surface area contributed by atoms with Crippen LogP contribution in [0.5, 0.6) is 0 Å². The van der Waals surface area contributed by atoms with E-state index in [1.165, 1.54) is 21.8 Å². The summed E-state index contributed by atoms with van der Waals surface area (Å²) < 4.78 is 1.50. The molecule has 3 rings (SSSR count). The van der Waals surface area contributed by atoms with Crippen LogP contribution in [-0.4, -0.2) is 44.1 Å². The third kappa shape index (κ3) is 3.86. The number of nitrogens with zero attached hydrogens (tertiary/aromatic N) is 2. The van der Waals surface area contributed by atoms with Crippen LogP contribution in [0.1, 0.15) is 41.1 Å². The van der Waals surface area contributed by atoms with E-state index in [0.29, 0.717) is 18.0 Å². The summed E-state index contributed by atoms with van der Waals surface area (Å²) in [4.78, 5) is 29.0. The Morgan fingerprint density at radius 1 is 1.33 bits per heavy atom. The molecule has 0 unspecified atom stereocenters. The van der Waals surface area contributed by atoms with Crippen molar-refractivity contribution < 1.29 is 19.8 Å². The third-order valence-electron chi connectivity index (χ3n) is 4.20. The Hall–Kier alpha value is -2.71. The summed E-state index contributed by atoms with van der Waals surface area (Å²) in [6.45, 7) is 3.85. The summed E-state index contributed by atoms with van der Waals surface area (Å²) in [5.74, 6) is -1.20. The van der Waals surface area contributed by atoms with Crippen molar-refractivity contribution in [2.75, 3.05) is 6.61 Å². The van der Waals surface area contributed by atoms with E-state index in [9.17, 15) is 19.8 Å². The number of aliphatic hydroxyl groups is 1. The maximum absolute atomic E-state index is 13.0. The molecule has 0 aromatic carbocycles. The largest absolute Gasteiger partial charge is 0.478 e. The molecular formula is C19H21N3O4S. The molecule has 0 aliphatic carbocycles. The number of imidazole rings is 1. The van der Waals surface area contributed by atoms with E-state index < -0.39 is 11.9 Å². The molecule has 0 aliphatic rings. The molecule has 0 radical (unpaired) electrons. The number of hydrogen-bond donors (Lipinski definition) is 3. The molecule has 3 heterocycles. The van der Waals surface area contributed by atoms with Crippen LogP contribution in [0.3, 0.4) is 0 Å². The minimum atomic E-state index is -1.11. The number of amides is 1. The van der Waals surface area contributed by atoms with Crippen molar-refractivity contribution in [1.82, 2.24) is 14.7 Å². The first-order valence-corrected chi connectivity index (χ1v) is 9.55. The van der Waals surface area contributed by atoms with Crippen LogP contribution < -0.4 is 5.32 Å². The highest BCUT2D eigenvalue weighted by molar-refractivity contribution is 7.08. The molecule has 0 fully saturated rings. The zero-order valence-corrected chi connectivity index (χ0v) is 15.9. The molecule has 0 aliphatic heterocycles. The number of aromatic nitrogens is 2. The zero-order valence-electron chi connectivity index (χ0n) is 15.0. The van der Waals surface area contributed by atoms with Gasteiger partial charge in [0.1, 0.15) is 17.0 Å². The molecule has 0 saturated carbocycles. The number of nitrogens with one attached hydrogen (secondary N) is 1. The summed E-state index contributed by atoms with van der Waals surface area (Å²) in [5, 5.41) is 25.6. The lowest BCUT2D eigenvalue weighted by atomic mass is 10.0. The fourth-order valence-corrected chi connectivity index (χ4v) is 3.69. The molecule has 142 valence electrons. The molecule has 1 amide bonds. The second kappa shape index (κ2) is 7.89. The fourth-order valence-electron chi connectivity index (χ4n) is 3.05. The maximum Gasteiger partial charge on any atom is 0.339 e. The van der Waals surface area contributed by atoms with Crippen molar-refractivity contribution >= 4 is 28.9 Å². The first-order chi connectivity index (χ1) is 12.9. The van der Waals surface area contributed by atoms with E-state index >= 15 is 0 Å². The molecule has 0 bridgehead atoms. The van der Waals surface area contributed by atoms with Gasteiger partial charge in [0.05, 0.1) is 12.6 Å². The van der Waals surface area contributed by atoms with Crippen molar-refractivity contribution in [1.29, 1.82) is 0 Å². The number of carboxylic acid groups (broad SMARTS) is 1. The average molecular weight is 387 g/mol. The van der Waals surface area contributed by atoms with Crippen LogP contribution in [0, 0.1) is 5.92 Å². The fraction of sp³-hybridized carbons (Fsp3) is 0.316. The summed E-state index contributed by atoms with van der Waals surface area (Å²) in [6.07, 6.45) is 2.25. The highest BCUT2D eigenvalue weighted by atomic mass is 32.1. The lowest BCUT2D eigenvalue weighted by Crippen LogP contribution is -2.39. The summed E-state index contributed by atoms with van der Waals surface area (Å²) in [5.41, 5.74) is 1.65. The summed E-state index contributed by atoms with van der Waals surface area (Å²) in [6, 6.07) is 4.48. The normalized spacial score (nSPS) is 12.4. The third-order valence-corrected chi connectivity index (χ3v) is 4.88. The first kappa shape index (κ1) is 19.1. The van der Waals surface area contributed by atoms with Crippen molar-refractivity contribution in [3.8, 4) is 11.3 Å². The minimum Gasteiger partial charge on any atom is -0.478 e. The lowest BCUT2D eigenvalue weighted by Gasteiger charge is -2.18. The Bertz CT molecular complexity index is 963. The van der Waals surface area contributed by atoms with Gasteiger partial charge in [-0.3, -0.25) is 9.20 Å². The number of aromatic carboxylic acids is 1. The highest BCUT2D eigenvalue weighted by Gasteiger charge is 2.25. The molecule has 0 saturated heterocycles. The molecule has 3 aromatic heterocycles. The smallest absolute Gasteiger partial charge is 0.339 e. The van der Waals surface area contributed by atoms with Gasteiger partial charge in [-0.25, -0.2) is 9.78 Å². The SMILES string of the molecule is CC(C)C[C@@H](CO)NC(=O)c1c(-c2ccsc2)nc2c(C(=O)O)cccn12. The van der Waals surface area contributed by atoms with E-state index in [2.05, 4.69) is 10.3 Å². The van der Waals surface area contributed by atoms with Crippen LogP contribution in [0.4, 0.5) is 0 Å². The topological polar surface area (TPSA) is 104 Å². The quantitative estimate of drug-likeness (QED) is 0.578. The summed E-state index contributed by atoms with van der Waals surface area (Å²) >= 11 is 1.46. The number of carbonyl (C=O) groups is 2. The number of thiophene rings is 1. The van der Waals surface area contributed by atoms with Gasteiger partial charge in [0, 0.05) is 17.1 Å². The van der Waals surface area contributed by atoms with Gasteiger partial charge in [0.15, 0.2) is 5.65 Å². The Kier molecular flexibility index (Phi) is 5.57. The van der Waals surface area contributed by atoms with Gasteiger partial charge in [-0.1, -0.05) is 13.8 Å². The van der Waals surface area contributed by atoms with E-state index in [1.54, 1.807) is 12.3 Å². The molecule has 8 heteroatoms. The molecular weight excluding hydrogens is 366 g/mol. The zero-order chi connectivity index (χ0) is 19.6. The first-order valence-electron chi connectivity index (χ1n) is 8.61. The monoisotopic (exact) mass is 387 g/mol. The van der Waals surface area contributed by atoms with Gasteiger partial charge in [0.25, 0.3) is 5.91 Å². The van der Waals surface area contributed by atoms with Gasteiger partial charge in [-0.05, 0) is 35.9 Å². The van der Waals surface area contributed by atoms with Gasteiger partial charge in [-0.15, -0.1) is 0 Å². The second-order valence-corrected chi connectivity index (χ2v) is 7.50. The minimum absolute atomic E-state index is 0.0221. The van der Waals surface area contributed by atoms with Crippen molar-refractivity contribution in [2.24, 2.45) is 5.92 Å². The predicted octanol–water partition coefficient (Wildman–Crippen LogP) is 2.90. The number of hydrogen-bond acceptors (Lipinski definition) is 5. The van der Waals surface area contributed by atoms with Crippen LogP contribution >= 0.6 is 11.3 Å². The van der Waals surface area contributed by atoms with E-state index in [-0.39, 0.29) is 29.6 Å². The maximum atomic E-state index is 13.0. The number of aliphatic hydroxyl groups excluding tert-OH is 1. The predicted molar refractivity (Wildman–Crippen MR) is 103 cm³/mol. The van der Waals surface area contributed by atoms with Crippen LogP contribution in [0.2, 0.25) is 0 Å².